The van der Waals surface area contributed by atoms with E-state index in [9.17, 15) is 4.79 Å². The summed E-state index contributed by atoms with van der Waals surface area (Å²) < 4.78 is 5.66. The first-order valence-corrected chi connectivity index (χ1v) is 7.64. The molecule has 0 aliphatic heterocycles. The van der Waals surface area contributed by atoms with Crippen LogP contribution in [0.4, 0.5) is 16.2 Å². The minimum Gasteiger partial charge on any atom is -0.473 e. The number of nitrogens with zero attached hydrogens (tertiary/aromatic N) is 1. The minimum absolute atomic E-state index is 0.351. The number of nitrogen functional groups attached to an aromatic ring is 1. The second kappa shape index (κ2) is 7.35. The number of nitrogens with two attached hydrogens (primary N) is 1. The maximum Gasteiger partial charge on any atom is 0.409 e. The van der Waals surface area contributed by atoms with Crippen molar-refractivity contribution in [1.29, 1.82) is 0 Å². The van der Waals surface area contributed by atoms with Crippen LogP contribution >= 0.6 is 0 Å². The molecule has 0 fully saturated rings. The van der Waals surface area contributed by atoms with Crippen LogP contribution in [0.1, 0.15) is 5.56 Å². The number of benzene rings is 2. The number of aromatic nitrogens is 1. The molecule has 6 nitrogen and oxygen atoms in total. The summed E-state index contributed by atoms with van der Waals surface area (Å²) in [4.78, 5) is 15.0. The Hall–Kier alpha value is -3.54. The molecule has 1 heterocycles. The highest BCUT2D eigenvalue weighted by atomic mass is 16.5. The Labute approximate surface area is 144 Å². The van der Waals surface area contributed by atoms with Crippen molar-refractivity contribution in [3.8, 4) is 17.0 Å². The van der Waals surface area contributed by atoms with Crippen LogP contribution in [0.15, 0.2) is 66.9 Å². The Morgan fingerprint density at radius 2 is 1.84 bits per heavy atom. The SMILES string of the molecule is Nc1cc(-c2ccc(OCc3ccccc3)nc2)ccc1NC(=O)O. The van der Waals surface area contributed by atoms with Gasteiger partial charge in [-0.3, -0.25) is 5.32 Å². The van der Waals surface area contributed by atoms with Crippen LogP contribution in [-0.2, 0) is 6.61 Å². The lowest BCUT2D eigenvalue weighted by atomic mass is 10.1. The molecule has 4 N–H and O–H groups in total. The average Bonchev–Trinajstić information content (AvgIpc) is 2.63. The molecule has 0 radical (unpaired) electrons. The van der Waals surface area contributed by atoms with Crippen molar-refractivity contribution in [3.05, 3.63) is 72.4 Å². The van der Waals surface area contributed by atoms with Crippen molar-refractivity contribution < 1.29 is 14.6 Å². The number of anilines is 2. The molecule has 126 valence electrons. The summed E-state index contributed by atoms with van der Waals surface area (Å²) in [6.07, 6.45) is 0.542. The zero-order valence-electron chi connectivity index (χ0n) is 13.3. The van der Waals surface area contributed by atoms with E-state index in [1.54, 1.807) is 30.5 Å². The molecule has 0 saturated heterocycles. The molecule has 0 aliphatic carbocycles. The number of carbonyl (C=O) groups is 1. The van der Waals surface area contributed by atoms with Crippen molar-refractivity contribution >= 4 is 17.5 Å². The third-order valence-electron chi connectivity index (χ3n) is 3.59. The third-order valence-corrected chi connectivity index (χ3v) is 3.59. The lowest BCUT2D eigenvalue weighted by Crippen LogP contribution is -2.09. The second-order valence-corrected chi connectivity index (χ2v) is 5.39. The molecule has 0 unspecified atom stereocenters. The Bertz CT molecular complexity index is 865. The summed E-state index contributed by atoms with van der Waals surface area (Å²) in [6.45, 7) is 0.454. The van der Waals surface area contributed by atoms with E-state index in [0.717, 1.165) is 16.7 Å². The van der Waals surface area contributed by atoms with E-state index < -0.39 is 6.09 Å². The van der Waals surface area contributed by atoms with E-state index in [4.69, 9.17) is 15.6 Å². The molecule has 0 spiro atoms. The Kier molecular flexibility index (Phi) is 4.80. The highest BCUT2D eigenvalue weighted by Crippen LogP contribution is 2.27. The van der Waals surface area contributed by atoms with E-state index >= 15 is 0 Å². The molecule has 2 aromatic carbocycles. The monoisotopic (exact) mass is 335 g/mol. The molecular weight excluding hydrogens is 318 g/mol. The van der Waals surface area contributed by atoms with E-state index in [1.807, 2.05) is 36.4 Å². The predicted molar refractivity (Wildman–Crippen MR) is 96.5 cm³/mol. The Morgan fingerprint density at radius 3 is 2.48 bits per heavy atom. The maximum atomic E-state index is 10.7. The van der Waals surface area contributed by atoms with Gasteiger partial charge in [-0.25, -0.2) is 9.78 Å². The lowest BCUT2D eigenvalue weighted by molar-refractivity contribution is 0.210. The molecule has 1 aromatic heterocycles. The van der Waals surface area contributed by atoms with Crippen LogP contribution < -0.4 is 15.8 Å². The number of carboxylic acid groups (broad SMARTS) is 1. The first kappa shape index (κ1) is 16.3. The molecule has 3 aromatic rings. The van der Waals surface area contributed by atoms with Gasteiger partial charge in [0, 0.05) is 17.8 Å². The largest absolute Gasteiger partial charge is 0.473 e. The van der Waals surface area contributed by atoms with Crippen LogP contribution in [0.2, 0.25) is 0 Å². The zero-order valence-corrected chi connectivity index (χ0v) is 13.3. The number of hydrogen-bond donors (Lipinski definition) is 3. The van der Waals surface area contributed by atoms with Crippen molar-refractivity contribution in [2.75, 3.05) is 11.1 Å². The summed E-state index contributed by atoms with van der Waals surface area (Å²) in [6, 6.07) is 18.6. The van der Waals surface area contributed by atoms with Crippen molar-refractivity contribution in [3.63, 3.8) is 0 Å². The van der Waals surface area contributed by atoms with Gasteiger partial charge in [0.05, 0.1) is 11.4 Å². The fourth-order valence-corrected chi connectivity index (χ4v) is 2.34. The van der Waals surface area contributed by atoms with Gasteiger partial charge in [-0.05, 0) is 29.3 Å². The van der Waals surface area contributed by atoms with E-state index in [0.29, 0.717) is 23.9 Å². The minimum atomic E-state index is -1.15. The van der Waals surface area contributed by atoms with E-state index in [-0.39, 0.29) is 0 Å². The van der Waals surface area contributed by atoms with Crippen LogP contribution in [0, 0.1) is 0 Å². The molecule has 3 rings (SSSR count). The number of rotatable bonds is 5. The highest BCUT2D eigenvalue weighted by molar-refractivity contribution is 5.89. The molecular formula is C19H17N3O3. The number of hydrogen-bond acceptors (Lipinski definition) is 4. The molecule has 25 heavy (non-hydrogen) atoms. The molecule has 0 aliphatic rings. The topological polar surface area (TPSA) is 97.5 Å². The van der Waals surface area contributed by atoms with Gasteiger partial charge in [-0.2, -0.15) is 0 Å². The molecule has 0 saturated carbocycles. The average molecular weight is 335 g/mol. The van der Waals surface area contributed by atoms with Crippen LogP contribution in [0.3, 0.4) is 0 Å². The van der Waals surface area contributed by atoms with Crippen molar-refractivity contribution in [1.82, 2.24) is 4.98 Å². The lowest BCUT2D eigenvalue weighted by Gasteiger charge is -2.09. The van der Waals surface area contributed by atoms with Crippen LogP contribution in [-0.4, -0.2) is 16.2 Å². The van der Waals surface area contributed by atoms with Crippen LogP contribution in [0.25, 0.3) is 11.1 Å². The quantitative estimate of drug-likeness (QED) is 0.612. The fraction of sp³-hybridized carbons (Fsp3) is 0.0526. The van der Waals surface area contributed by atoms with Gasteiger partial charge in [0.2, 0.25) is 5.88 Å². The smallest absolute Gasteiger partial charge is 0.409 e. The predicted octanol–water partition coefficient (Wildman–Crippen LogP) is 4.00. The number of amides is 1. The van der Waals surface area contributed by atoms with Gasteiger partial charge in [-0.15, -0.1) is 0 Å². The second-order valence-electron chi connectivity index (χ2n) is 5.39. The summed E-state index contributed by atoms with van der Waals surface area (Å²) in [5.74, 6) is 0.532. The molecule has 1 amide bonds. The number of pyridine rings is 1. The number of ether oxygens (including phenoxy) is 1. The van der Waals surface area contributed by atoms with Gasteiger partial charge in [0.25, 0.3) is 0 Å². The normalized spacial score (nSPS) is 10.2. The summed E-state index contributed by atoms with van der Waals surface area (Å²) >= 11 is 0. The molecule has 0 bridgehead atoms. The van der Waals surface area contributed by atoms with Crippen molar-refractivity contribution in [2.24, 2.45) is 0 Å². The molecule has 6 heteroatoms. The summed E-state index contributed by atoms with van der Waals surface area (Å²) in [7, 11) is 0. The van der Waals surface area contributed by atoms with E-state index in [2.05, 4.69) is 10.3 Å². The van der Waals surface area contributed by atoms with Crippen molar-refractivity contribution in [2.45, 2.75) is 6.61 Å². The number of nitrogens with one attached hydrogen (secondary N) is 1. The first-order valence-electron chi connectivity index (χ1n) is 7.64. The van der Waals surface area contributed by atoms with Gasteiger partial charge >= 0.3 is 6.09 Å². The van der Waals surface area contributed by atoms with Gasteiger partial charge in [0.15, 0.2) is 0 Å². The maximum absolute atomic E-state index is 10.7. The molecule has 0 atom stereocenters. The van der Waals surface area contributed by atoms with Gasteiger partial charge in [-0.1, -0.05) is 36.4 Å². The first-order chi connectivity index (χ1) is 12.1. The summed E-state index contributed by atoms with van der Waals surface area (Å²) in [5.41, 5.74) is 9.36. The van der Waals surface area contributed by atoms with E-state index in [1.165, 1.54) is 0 Å². The standard InChI is InChI=1S/C19H17N3O3/c20-16-10-14(6-8-17(16)22-19(23)24)15-7-9-18(21-11-15)25-12-13-4-2-1-3-5-13/h1-11,22H,12,20H2,(H,23,24). The fourth-order valence-electron chi connectivity index (χ4n) is 2.34. The van der Waals surface area contributed by atoms with Crippen LogP contribution in [0.5, 0.6) is 5.88 Å². The highest BCUT2D eigenvalue weighted by Gasteiger charge is 2.06. The Balaban J connectivity index is 1.69. The Morgan fingerprint density at radius 1 is 1.08 bits per heavy atom. The van der Waals surface area contributed by atoms with Gasteiger partial charge < -0.3 is 15.6 Å². The third kappa shape index (κ3) is 4.26. The summed E-state index contributed by atoms with van der Waals surface area (Å²) in [5, 5.41) is 11.0. The zero-order chi connectivity index (χ0) is 17.6. The van der Waals surface area contributed by atoms with Gasteiger partial charge in [0.1, 0.15) is 6.61 Å².